The predicted molar refractivity (Wildman–Crippen MR) is 127 cm³/mol. The topological polar surface area (TPSA) is 34.5 Å². The molecule has 1 fully saturated rings. The first-order valence-electron chi connectivity index (χ1n) is 11.0. The van der Waals surface area contributed by atoms with Crippen molar-refractivity contribution in [3.8, 4) is 5.75 Å². The molecule has 0 N–H and O–H groups in total. The molecule has 1 aromatic heterocycles. The average Bonchev–Trinajstić information content (AvgIpc) is 3.24. The Morgan fingerprint density at radius 2 is 1.87 bits per heavy atom. The zero-order valence-electron chi connectivity index (χ0n) is 18.0. The number of methoxy groups -OCH3 is 1. The van der Waals surface area contributed by atoms with Gasteiger partial charge in [0.25, 0.3) is 5.91 Å². The van der Waals surface area contributed by atoms with E-state index in [2.05, 4.69) is 55.9 Å². The molecule has 4 nitrogen and oxygen atoms in total. The highest BCUT2D eigenvalue weighted by Gasteiger charge is 2.27. The molecule has 5 heteroatoms. The number of halogens is 1. The summed E-state index contributed by atoms with van der Waals surface area (Å²) < 4.78 is 8.54. The van der Waals surface area contributed by atoms with Crippen molar-refractivity contribution in [1.29, 1.82) is 0 Å². The molecule has 1 aliphatic carbocycles. The molecular weight excluding hydrogens is 452 g/mol. The summed E-state index contributed by atoms with van der Waals surface area (Å²) in [5.41, 5.74) is 3.07. The Labute approximate surface area is 193 Å². The van der Waals surface area contributed by atoms with Crippen LogP contribution in [-0.4, -0.2) is 28.5 Å². The summed E-state index contributed by atoms with van der Waals surface area (Å²) in [6, 6.07) is 20.4. The molecule has 1 amide bonds. The molecule has 31 heavy (non-hydrogen) atoms. The van der Waals surface area contributed by atoms with E-state index in [0.717, 1.165) is 40.9 Å². The summed E-state index contributed by atoms with van der Waals surface area (Å²) in [4.78, 5) is 15.7. The Morgan fingerprint density at radius 1 is 1.06 bits per heavy atom. The van der Waals surface area contributed by atoms with Gasteiger partial charge in [0.1, 0.15) is 5.75 Å². The van der Waals surface area contributed by atoms with E-state index in [1.54, 1.807) is 7.11 Å². The van der Waals surface area contributed by atoms with Gasteiger partial charge in [0.15, 0.2) is 0 Å². The summed E-state index contributed by atoms with van der Waals surface area (Å²) >= 11 is 3.51. The lowest BCUT2D eigenvalue weighted by molar-refractivity contribution is 0.0608. The van der Waals surface area contributed by atoms with E-state index < -0.39 is 0 Å². The van der Waals surface area contributed by atoms with Gasteiger partial charge in [-0.1, -0.05) is 53.4 Å². The molecule has 0 radical (unpaired) electrons. The minimum Gasteiger partial charge on any atom is -0.497 e. The molecule has 1 aliphatic rings. The van der Waals surface area contributed by atoms with Crippen LogP contribution in [0.1, 0.15) is 53.7 Å². The van der Waals surface area contributed by atoms with Crippen LogP contribution in [0.15, 0.2) is 71.3 Å². The van der Waals surface area contributed by atoms with E-state index in [1.165, 1.54) is 24.8 Å². The lowest BCUT2D eigenvalue weighted by atomic mass is 9.93. The molecule has 162 valence electrons. The fraction of sp³-hybridized carbons (Fsp3) is 0.346. The number of carbonyl (C=O) groups is 1. The standard InChI is InChI=1S/C26H29BrN2O2/c1-31-25-14-5-8-20(16-25)18-28-15-7-13-24(28)19-29(23-11-3-2-4-12-23)26(30)21-9-6-10-22(27)17-21/h5-10,13-17,23H,2-4,11-12,18-19H2,1H3. The van der Waals surface area contributed by atoms with Gasteiger partial charge in [0.05, 0.1) is 13.7 Å². The van der Waals surface area contributed by atoms with Crippen LogP contribution in [0.4, 0.5) is 0 Å². The van der Waals surface area contributed by atoms with Gasteiger partial charge in [-0.3, -0.25) is 4.79 Å². The van der Waals surface area contributed by atoms with Gasteiger partial charge in [-0.2, -0.15) is 0 Å². The molecule has 0 atom stereocenters. The van der Waals surface area contributed by atoms with Crippen LogP contribution in [0.3, 0.4) is 0 Å². The van der Waals surface area contributed by atoms with Gasteiger partial charge in [-0.25, -0.2) is 0 Å². The molecule has 0 saturated heterocycles. The van der Waals surface area contributed by atoms with Crippen molar-refractivity contribution in [3.05, 3.63) is 88.2 Å². The second-order valence-electron chi connectivity index (χ2n) is 8.21. The molecule has 4 rings (SSSR count). The summed E-state index contributed by atoms with van der Waals surface area (Å²) in [5, 5.41) is 0. The fourth-order valence-electron chi connectivity index (χ4n) is 4.44. The average molecular weight is 481 g/mol. The first-order chi connectivity index (χ1) is 15.1. The molecule has 0 aliphatic heterocycles. The number of aromatic nitrogens is 1. The van der Waals surface area contributed by atoms with Gasteiger partial charge in [-0.05, 0) is 60.9 Å². The van der Waals surface area contributed by atoms with Crippen molar-refractivity contribution in [2.45, 2.75) is 51.2 Å². The minimum absolute atomic E-state index is 0.113. The second kappa shape index (κ2) is 10.2. The van der Waals surface area contributed by atoms with E-state index in [0.29, 0.717) is 12.6 Å². The third kappa shape index (κ3) is 5.40. The number of rotatable bonds is 7. The van der Waals surface area contributed by atoms with Crippen LogP contribution in [0.5, 0.6) is 5.75 Å². The SMILES string of the molecule is COc1cccc(Cn2cccc2CN(C(=O)c2cccc(Br)c2)C2CCCCC2)c1. The predicted octanol–water partition coefficient (Wildman–Crippen LogP) is 6.28. The maximum absolute atomic E-state index is 13.6. The van der Waals surface area contributed by atoms with Crippen molar-refractivity contribution < 1.29 is 9.53 Å². The number of amides is 1. The number of benzene rings is 2. The number of hydrogen-bond acceptors (Lipinski definition) is 2. The van der Waals surface area contributed by atoms with E-state index >= 15 is 0 Å². The second-order valence-corrected chi connectivity index (χ2v) is 9.13. The first kappa shape index (κ1) is 21.7. The number of nitrogens with zero attached hydrogens (tertiary/aromatic N) is 2. The zero-order valence-corrected chi connectivity index (χ0v) is 19.6. The summed E-state index contributed by atoms with van der Waals surface area (Å²) in [5.74, 6) is 0.974. The van der Waals surface area contributed by atoms with Crippen molar-refractivity contribution in [2.75, 3.05) is 7.11 Å². The van der Waals surface area contributed by atoms with Crippen molar-refractivity contribution >= 4 is 21.8 Å². The maximum atomic E-state index is 13.6. The fourth-order valence-corrected chi connectivity index (χ4v) is 4.84. The number of ether oxygens (including phenoxy) is 1. The van der Waals surface area contributed by atoms with Gasteiger partial charge >= 0.3 is 0 Å². The van der Waals surface area contributed by atoms with Crippen LogP contribution in [-0.2, 0) is 13.1 Å². The van der Waals surface area contributed by atoms with Gasteiger partial charge in [0, 0.05) is 34.5 Å². The van der Waals surface area contributed by atoms with Crippen molar-refractivity contribution in [1.82, 2.24) is 9.47 Å². The smallest absolute Gasteiger partial charge is 0.254 e. The molecular formula is C26H29BrN2O2. The monoisotopic (exact) mass is 480 g/mol. The van der Waals surface area contributed by atoms with E-state index in [9.17, 15) is 4.79 Å². The van der Waals surface area contributed by atoms with Gasteiger partial charge in [-0.15, -0.1) is 0 Å². The summed E-state index contributed by atoms with van der Waals surface area (Å²) in [6.07, 6.45) is 7.90. The molecule has 1 saturated carbocycles. The highest BCUT2D eigenvalue weighted by molar-refractivity contribution is 9.10. The quantitative estimate of drug-likeness (QED) is 0.398. The van der Waals surface area contributed by atoms with Crippen LogP contribution in [0.2, 0.25) is 0 Å². The van der Waals surface area contributed by atoms with Gasteiger partial charge in [0.2, 0.25) is 0 Å². The molecule has 0 bridgehead atoms. The lowest BCUT2D eigenvalue weighted by Crippen LogP contribution is -2.41. The molecule has 0 unspecified atom stereocenters. The lowest BCUT2D eigenvalue weighted by Gasteiger charge is -2.35. The van der Waals surface area contributed by atoms with Crippen LogP contribution in [0, 0.1) is 0 Å². The first-order valence-corrected chi connectivity index (χ1v) is 11.8. The highest BCUT2D eigenvalue weighted by Crippen LogP contribution is 2.27. The molecule has 2 aromatic carbocycles. The Morgan fingerprint density at radius 3 is 2.65 bits per heavy atom. The summed E-state index contributed by atoms with van der Waals surface area (Å²) in [7, 11) is 1.69. The van der Waals surface area contributed by atoms with E-state index in [1.807, 2.05) is 36.4 Å². The van der Waals surface area contributed by atoms with Crippen molar-refractivity contribution in [3.63, 3.8) is 0 Å². The van der Waals surface area contributed by atoms with Crippen LogP contribution in [0.25, 0.3) is 0 Å². The molecule has 1 heterocycles. The Hall–Kier alpha value is -2.53. The Balaban J connectivity index is 1.58. The van der Waals surface area contributed by atoms with Crippen LogP contribution >= 0.6 is 15.9 Å². The minimum atomic E-state index is 0.113. The number of hydrogen-bond donors (Lipinski definition) is 0. The third-order valence-electron chi connectivity index (χ3n) is 6.09. The maximum Gasteiger partial charge on any atom is 0.254 e. The van der Waals surface area contributed by atoms with Crippen LogP contribution < -0.4 is 4.74 Å². The third-order valence-corrected chi connectivity index (χ3v) is 6.58. The zero-order chi connectivity index (χ0) is 21.6. The Bertz CT molecular complexity index is 1020. The molecule has 0 spiro atoms. The van der Waals surface area contributed by atoms with E-state index in [-0.39, 0.29) is 5.91 Å². The highest BCUT2D eigenvalue weighted by atomic mass is 79.9. The summed E-state index contributed by atoms with van der Waals surface area (Å²) in [6.45, 7) is 1.37. The molecule has 3 aromatic rings. The largest absolute Gasteiger partial charge is 0.497 e. The van der Waals surface area contributed by atoms with Gasteiger partial charge < -0.3 is 14.2 Å². The number of carbonyl (C=O) groups excluding carboxylic acids is 1. The Kier molecular flexibility index (Phi) is 7.13. The van der Waals surface area contributed by atoms with E-state index in [4.69, 9.17) is 4.74 Å². The normalized spacial score (nSPS) is 14.4. The van der Waals surface area contributed by atoms with Crippen molar-refractivity contribution in [2.24, 2.45) is 0 Å².